The number of rotatable bonds is 5. The largest absolute Gasteiger partial charge is 0.417 e. The van der Waals surface area contributed by atoms with E-state index in [9.17, 15) is 23.3 Å². The first-order chi connectivity index (χ1) is 13.6. The minimum Gasteiger partial charge on any atom is -0.319 e. The summed E-state index contributed by atoms with van der Waals surface area (Å²) in [6.45, 7) is 1.81. The summed E-state index contributed by atoms with van der Waals surface area (Å²) in [6, 6.07) is 4.04. The van der Waals surface area contributed by atoms with Crippen molar-refractivity contribution in [1.29, 1.82) is 0 Å². The molecule has 3 heterocycles. The van der Waals surface area contributed by atoms with Crippen LogP contribution in [0.2, 0.25) is 5.02 Å². The van der Waals surface area contributed by atoms with E-state index in [1.807, 2.05) is 6.92 Å². The molecule has 9 nitrogen and oxygen atoms in total. The minimum absolute atomic E-state index is 0.173. The maximum absolute atomic E-state index is 12.7. The van der Waals surface area contributed by atoms with Crippen molar-refractivity contribution in [3.8, 4) is 0 Å². The van der Waals surface area contributed by atoms with Gasteiger partial charge in [0.15, 0.2) is 5.82 Å². The highest BCUT2D eigenvalue weighted by molar-refractivity contribution is 6.33. The number of halogens is 4. The van der Waals surface area contributed by atoms with Gasteiger partial charge in [-0.2, -0.15) is 13.2 Å². The van der Waals surface area contributed by atoms with E-state index in [2.05, 4.69) is 30.6 Å². The summed E-state index contributed by atoms with van der Waals surface area (Å²) >= 11 is 5.84. The standard InChI is InChI=1S/C16H11ClF3N7O2/c1-8-2-3-21-11(4-8)25-14-12(27(28)29)15(24-7-23-14)26-13-10(17)5-9(6-22-13)16(18,19)20/h2-7H,1H3,(H2,21,22,23,24,25,26). The minimum atomic E-state index is -4.63. The van der Waals surface area contributed by atoms with Crippen LogP contribution in [0.25, 0.3) is 0 Å². The third kappa shape index (κ3) is 4.66. The molecule has 0 aliphatic carbocycles. The zero-order valence-electron chi connectivity index (χ0n) is 14.5. The van der Waals surface area contributed by atoms with Crippen LogP contribution in [-0.4, -0.2) is 24.9 Å². The van der Waals surface area contributed by atoms with E-state index in [0.29, 0.717) is 18.1 Å². The number of anilines is 4. The molecule has 0 fully saturated rings. The van der Waals surface area contributed by atoms with Gasteiger partial charge in [-0.25, -0.2) is 19.9 Å². The average Bonchev–Trinajstić information content (AvgIpc) is 2.62. The lowest BCUT2D eigenvalue weighted by atomic mass is 10.2. The van der Waals surface area contributed by atoms with Crippen LogP contribution in [0.1, 0.15) is 11.1 Å². The molecule has 3 aromatic heterocycles. The Morgan fingerprint density at radius 3 is 2.34 bits per heavy atom. The second-order valence-electron chi connectivity index (χ2n) is 5.70. The topological polar surface area (TPSA) is 119 Å². The van der Waals surface area contributed by atoms with Gasteiger partial charge in [-0.1, -0.05) is 11.6 Å². The van der Waals surface area contributed by atoms with Crippen LogP contribution >= 0.6 is 11.6 Å². The summed E-state index contributed by atoms with van der Waals surface area (Å²) in [5, 5.41) is 16.4. The molecule has 29 heavy (non-hydrogen) atoms. The number of aromatic nitrogens is 4. The fourth-order valence-electron chi connectivity index (χ4n) is 2.26. The van der Waals surface area contributed by atoms with E-state index in [0.717, 1.165) is 11.9 Å². The van der Waals surface area contributed by atoms with Crippen molar-refractivity contribution in [2.75, 3.05) is 10.6 Å². The summed E-state index contributed by atoms with van der Waals surface area (Å²) in [5.74, 6) is -0.410. The Kier molecular flexibility index (Phi) is 5.46. The number of alkyl halides is 3. The number of hydrogen-bond donors (Lipinski definition) is 2. The van der Waals surface area contributed by atoms with Crippen molar-refractivity contribution >= 4 is 40.6 Å². The van der Waals surface area contributed by atoms with Crippen LogP contribution in [0.15, 0.2) is 36.9 Å². The number of nitro groups is 1. The molecule has 0 aromatic carbocycles. The van der Waals surface area contributed by atoms with Crippen LogP contribution < -0.4 is 10.6 Å². The SMILES string of the molecule is Cc1ccnc(Nc2ncnc(Nc3ncc(C(F)(F)F)cc3Cl)c2[N+](=O)[O-])c1. The highest BCUT2D eigenvalue weighted by Crippen LogP contribution is 2.36. The van der Waals surface area contributed by atoms with E-state index in [4.69, 9.17) is 11.6 Å². The zero-order chi connectivity index (χ0) is 21.2. The van der Waals surface area contributed by atoms with Gasteiger partial charge < -0.3 is 10.6 Å². The van der Waals surface area contributed by atoms with Crippen LogP contribution in [0.4, 0.5) is 42.1 Å². The van der Waals surface area contributed by atoms with Crippen molar-refractivity contribution in [3.63, 3.8) is 0 Å². The second-order valence-corrected chi connectivity index (χ2v) is 6.10. The summed E-state index contributed by atoms with van der Waals surface area (Å²) < 4.78 is 38.2. The molecule has 0 amide bonds. The molecule has 3 aromatic rings. The number of nitrogens with zero attached hydrogens (tertiary/aromatic N) is 5. The Labute approximate surface area is 166 Å². The van der Waals surface area contributed by atoms with Crippen molar-refractivity contribution in [2.24, 2.45) is 0 Å². The Bertz CT molecular complexity index is 1080. The maximum Gasteiger partial charge on any atom is 0.417 e. The lowest BCUT2D eigenvalue weighted by Gasteiger charge is -2.12. The number of hydrogen-bond acceptors (Lipinski definition) is 8. The molecule has 0 atom stereocenters. The molecule has 0 saturated carbocycles. The molecule has 2 N–H and O–H groups in total. The second kappa shape index (κ2) is 7.83. The quantitative estimate of drug-likeness (QED) is 0.448. The van der Waals surface area contributed by atoms with Gasteiger partial charge in [0.05, 0.1) is 15.5 Å². The maximum atomic E-state index is 12.7. The smallest absolute Gasteiger partial charge is 0.319 e. The highest BCUT2D eigenvalue weighted by atomic mass is 35.5. The van der Waals surface area contributed by atoms with Crippen molar-refractivity contribution in [1.82, 2.24) is 19.9 Å². The Balaban J connectivity index is 1.97. The fourth-order valence-corrected chi connectivity index (χ4v) is 2.47. The van der Waals surface area contributed by atoms with Crippen LogP contribution in [0.5, 0.6) is 0 Å². The molecule has 150 valence electrons. The predicted octanol–water partition coefficient (Wildman–Crippen LogP) is 4.64. The van der Waals surface area contributed by atoms with Crippen LogP contribution in [-0.2, 0) is 6.18 Å². The predicted molar refractivity (Wildman–Crippen MR) is 98.5 cm³/mol. The number of nitrogens with one attached hydrogen (secondary N) is 2. The van der Waals surface area contributed by atoms with Gasteiger partial charge in [0.1, 0.15) is 12.1 Å². The summed E-state index contributed by atoms with van der Waals surface area (Å²) in [4.78, 5) is 26.1. The molecule has 0 aliphatic rings. The van der Waals surface area contributed by atoms with Gasteiger partial charge in [-0.15, -0.1) is 0 Å². The normalized spacial score (nSPS) is 11.2. The Morgan fingerprint density at radius 2 is 1.76 bits per heavy atom. The molecule has 0 unspecified atom stereocenters. The zero-order valence-corrected chi connectivity index (χ0v) is 15.3. The van der Waals surface area contributed by atoms with Crippen molar-refractivity contribution in [3.05, 3.63) is 63.2 Å². The number of aryl methyl sites for hydroxylation is 1. The monoisotopic (exact) mass is 425 g/mol. The van der Waals surface area contributed by atoms with E-state index >= 15 is 0 Å². The number of pyridine rings is 2. The molecule has 0 bridgehead atoms. The molecule has 0 saturated heterocycles. The summed E-state index contributed by atoms with van der Waals surface area (Å²) in [5.41, 5.74) is -0.759. The first-order valence-electron chi connectivity index (χ1n) is 7.84. The third-order valence-corrected chi connectivity index (χ3v) is 3.86. The van der Waals surface area contributed by atoms with E-state index in [1.54, 1.807) is 12.1 Å². The van der Waals surface area contributed by atoms with Crippen molar-refractivity contribution < 1.29 is 18.1 Å². The van der Waals surface area contributed by atoms with Crippen LogP contribution in [0, 0.1) is 17.0 Å². The van der Waals surface area contributed by atoms with Gasteiger partial charge in [-0.3, -0.25) is 10.1 Å². The van der Waals surface area contributed by atoms with E-state index < -0.39 is 22.4 Å². The lowest BCUT2D eigenvalue weighted by Crippen LogP contribution is -2.09. The average molecular weight is 426 g/mol. The molecular formula is C16H11ClF3N7O2. The highest BCUT2D eigenvalue weighted by Gasteiger charge is 2.32. The van der Waals surface area contributed by atoms with Gasteiger partial charge in [0, 0.05) is 12.4 Å². The third-order valence-electron chi connectivity index (χ3n) is 3.57. The van der Waals surface area contributed by atoms with Gasteiger partial charge in [-0.05, 0) is 30.7 Å². The van der Waals surface area contributed by atoms with Gasteiger partial charge >= 0.3 is 11.9 Å². The van der Waals surface area contributed by atoms with E-state index in [1.165, 1.54) is 6.20 Å². The van der Waals surface area contributed by atoms with Crippen molar-refractivity contribution in [2.45, 2.75) is 13.1 Å². The molecule has 13 heteroatoms. The first-order valence-corrected chi connectivity index (χ1v) is 8.22. The Morgan fingerprint density at radius 1 is 1.07 bits per heavy atom. The molecule has 0 spiro atoms. The van der Waals surface area contributed by atoms with Crippen LogP contribution in [0.3, 0.4) is 0 Å². The first kappa shape index (κ1) is 20.2. The van der Waals surface area contributed by atoms with Gasteiger partial charge in [0.2, 0.25) is 11.6 Å². The summed E-state index contributed by atoms with van der Waals surface area (Å²) in [6.07, 6.45) is -1.54. The lowest BCUT2D eigenvalue weighted by molar-refractivity contribution is -0.383. The summed E-state index contributed by atoms with van der Waals surface area (Å²) in [7, 11) is 0. The Hall–Kier alpha value is -3.54. The van der Waals surface area contributed by atoms with Gasteiger partial charge in [0.25, 0.3) is 0 Å². The molecular weight excluding hydrogens is 415 g/mol. The van der Waals surface area contributed by atoms with E-state index in [-0.39, 0.29) is 22.5 Å². The molecule has 0 aliphatic heterocycles. The molecule has 3 rings (SSSR count). The fraction of sp³-hybridized carbons (Fsp3) is 0.125. The molecule has 0 radical (unpaired) electrons.